The lowest BCUT2D eigenvalue weighted by atomic mass is 10.1. The molecule has 21 heavy (non-hydrogen) atoms. The number of benzene rings is 1. The van der Waals surface area contributed by atoms with Crippen molar-refractivity contribution in [1.82, 2.24) is 9.84 Å². The summed E-state index contributed by atoms with van der Waals surface area (Å²) >= 11 is 1.45. The van der Waals surface area contributed by atoms with Gasteiger partial charge in [0.15, 0.2) is 0 Å². The van der Waals surface area contributed by atoms with Gasteiger partial charge in [-0.3, -0.25) is 4.79 Å². The molecular weight excluding hydrogens is 284 g/mol. The SMILES string of the molecule is CC1=C(C(=O)c2ccc(N)c(N)c2)SN(NCC(C)C)C1. The Morgan fingerprint density at radius 3 is 2.71 bits per heavy atom. The highest BCUT2D eigenvalue weighted by atomic mass is 32.2. The van der Waals surface area contributed by atoms with Crippen LogP contribution < -0.4 is 16.9 Å². The van der Waals surface area contributed by atoms with Gasteiger partial charge in [-0.25, -0.2) is 5.43 Å². The molecule has 1 heterocycles. The number of nitrogens with two attached hydrogens (primary N) is 2. The lowest BCUT2D eigenvalue weighted by Crippen LogP contribution is -2.33. The Morgan fingerprint density at radius 1 is 1.38 bits per heavy atom. The highest BCUT2D eigenvalue weighted by molar-refractivity contribution is 8.02. The molecule has 6 heteroatoms. The Labute approximate surface area is 129 Å². The minimum absolute atomic E-state index is 0.00181. The summed E-state index contributed by atoms with van der Waals surface area (Å²) in [7, 11) is 0. The van der Waals surface area contributed by atoms with Crippen LogP contribution in [0.5, 0.6) is 0 Å². The normalized spacial score (nSPS) is 16.0. The van der Waals surface area contributed by atoms with Gasteiger partial charge in [0, 0.05) is 18.7 Å². The van der Waals surface area contributed by atoms with E-state index in [9.17, 15) is 4.79 Å². The standard InChI is InChI=1S/C15H22N4OS/c1-9(2)7-18-19-8-10(3)15(21-19)14(20)11-4-5-12(16)13(17)6-11/h4-6,9,18H,7-8,16-17H2,1-3H3. The first-order valence-electron chi connectivity index (χ1n) is 6.97. The van der Waals surface area contributed by atoms with Crippen molar-refractivity contribution < 1.29 is 4.79 Å². The van der Waals surface area contributed by atoms with Gasteiger partial charge in [0.25, 0.3) is 0 Å². The Balaban J connectivity index is 2.08. The Morgan fingerprint density at radius 2 is 2.10 bits per heavy atom. The zero-order valence-electron chi connectivity index (χ0n) is 12.6. The number of nitrogens with one attached hydrogen (secondary N) is 1. The highest BCUT2D eigenvalue weighted by Gasteiger charge is 2.26. The van der Waals surface area contributed by atoms with E-state index < -0.39 is 0 Å². The number of rotatable bonds is 5. The van der Waals surface area contributed by atoms with E-state index in [2.05, 4.69) is 19.3 Å². The molecule has 0 saturated heterocycles. The van der Waals surface area contributed by atoms with Gasteiger partial charge in [0.05, 0.1) is 16.3 Å². The molecule has 0 aliphatic carbocycles. The Kier molecular flexibility index (Phi) is 4.92. The number of carbonyl (C=O) groups is 1. The number of anilines is 2. The molecule has 0 fully saturated rings. The molecule has 0 saturated carbocycles. The van der Waals surface area contributed by atoms with Gasteiger partial charge in [-0.15, -0.1) is 0 Å². The van der Waals surface area contributed by atoms with E-state index in [-0.39, 0.29) is 5.78 Å². The van der Waals surface area contributed by atoms with Crippen LogP contribution in [0.1, 0.15) is 31.1 Å². The quantitative estimate of drug-likeness (QED) is 0.440. The topological polar surface area (TPSA) is 84.4 Å². The van der Waals surface area contributed by atoms with E-state index in [0.29, 0.717) is 22.9 Å². The van der Waals surface area contributed by atoms with E-state index in [1.165, 1.54) is 11.9 Å². The molecule has 0 spiro atoms. The number of Topliss-reactive ketones (excluding diaryl/α,β-unsaturated/α-hetero) is 1. The van der Waals surface area contributed by atoms with Crippen molar-refractivity contribution in [3.63, 3.8) is 0 Å². The fourth-order valence-corrected chi connectivity index (χ4v) is 3.00. The van der Waals surface area contributed by atoms with Crippen LogP contribution in [0.25, 0.3) is 0 Å². The van der Waals surface area contributed by atoms with Crippen LogP contribution in [0.4, 0.5) is 11.4 Å². The second-order valence-corrected chi connectivity index (χ2v) is 6.70. The van der Waals surface area contributed by atoms with Crippen molar-refractivity contribution in [3.8, 4) is 0 Å². The molecule has 114 valence electrons. The molecule has 1 aliphatic heterocycles. The van der Waals surface area contributed by atoms with Crippen LogP contribution in [-0.4, -0.2) is 23.3 Å². The number of allylic oxidation sites excluding steroid dienone is 1. The van der Waals surface area contributed by atoms with Crippen LogP contribution in [-0.2, 0) is 0 Å². The maximum atomic E-state index is 12.6. The van der Waals surface area contributed by atoms with Crippen LogP contribution in [0.3, 0.4) is 0 Å². The predicted octanol–water partition coefficient (Wildman–Crippen LogP) is 2.43. The highest BCUT2D eigenvalue weighted by Crippen LogP contribution is 2.34. The summed E-state index contributed by atoms with van der Waals surface area (Å²) in [6.45, 7) is 7.91. The van der Waals surface area contributed by atoms with Gasteiger partial charge in [0.1, 0.15) is 0 Å². The van der Waals surface area contributed by atoms with Gasteiger partial charge in [0.2, 0.25) is 5.78 Å². The van der Waals surface area contributed by atoms with Crippen LogP contribution >= 0.6 is 11.9 Å². The third-order valence-corrected chi connectivity index (χ3v) is 4.40. The number of carbonyl (C=O) groups excluding carboxylic acids is 1. The molecule has 0 unspecified atom stereocenters. The zero-order valence-corrected chi connectivity index (χ0v) is 13.5. The first kappa shape index (κ1) is 15.9. The van der Waals surface area contributed by atoms with E-state index in [1.807, 2.05) is 11.3 Å². The number of nitrogens with zero attached hydrogens (tertiary/aromatic N) is 1. The van der Waals surface area contributed by atoms with E-state index in [0.717, 1.165) is 23.6 Å². The second-order valence-electron chi connectivity index (χ2n) is 5.67. The molecular formula is C15H22N4OS. The minimum Gasteiger partial charge on any atom is -0.397 e. The van der Waals surface area contributed by atoms with Crippen molar-refractivity contribution in [3.05, 3.63) is 34.2 Å². The predicted molar refractivity (Wildman–Crippen MR) is 89.4 cm³/mol. The number of nitrogen functional groups attached to an aromatic ring is 2. The molecule has 1 aromatic rings. The minimum atomic E-state index is -0.00181. The van der Waals surface area contributed by atoms with Gasteiger partial charge in [-0.1, -0.05) is 13.8 Å². The summed E-state index contributed by atoms with van der Waals surface area (Å²) in [5, 5.41) is 0. The summed E-state index contributed by atoms with van der Waals surface area (Å²) in [5.41, 5.74) is 17.4. The van der Waals surface area contributed by atoms with Crippen molar-refractivity contribution in [2.75, 3.05) is 24.6 Å². The van der Waals surface area contributed by atoms with Gasteiger partial charge in [-0.2, -0.15) is 4.41 Å². The Bertz CT molecular complexity index is 583. The molecule has 0 atom stereocenters. The molecule has 5 nitrogen and oxygen atoms in total. The number of ketones is 1. The van der Waals surface area contributed by atoms with E-state index >= 15 is 0 Å². The molecule has 2 rings (SSSR count). The second kappa shape index (κ2) is 6.51. The lowest BCUT2D eigenvalue weighted by Gasteiger charge is -2.17. The van der Waals surface area contributed by atoms with Gasteiger partial charge >= 0.3 is 0 Å². The van der Waals surface area contributed by atoms with Gasteiger partial charge < -0.3 is 11.5 Å². The fourth-order valence-electron chi connectivity index (χ4n) is 1.96. The molecule has 0 aromatic heterocycles. The first-order valence-corrected chi connectivity index (χ1v) is 7.74. The fraction of sp³-hybridized carbons (Fsp3) is 0.400. The molecule has 5 N–H and O–H groups in total. The smallest absolute Gasteiger partial charge is 0.200 e. The van der Waals surface area contributed by atoms with Crippen molar-refractivity contribution in [1.29, 1.82) is 0 Å². The van der Waals surface area contributed by atoms with Crippen molar-refractivity contribution in [2.45, 2.75) is 20.8 Å². The largest absolute Gasteiger partial charge is 0.397 e. The van der Waals surface area contributed by atoms with Crippen molar-refractivity contribution in [2.24, 2.45) is 5.92 Å². The number of hydrogen-bond donors (Lipinski definition) is 3. The first-order chi connectivity index (χ1) is 9.88. The monoisotopic (exact) mass is 306 g/mol. The summed E-state index contributed by atoms with van der Waals surface area (Å²) in [6.07, 6.45) is 0. The van der Waals surface area contributed by atoms with E-state index in [4.69, 9.17) is 11.5 Å². The van der Waals surface area contributed by atoms with Crippen LogP contribution in [0.2, 0.25) is 0 Å². The zero-order chi connectivity index (χ0) is 15.6. The molecule has 1 aromatic carbocycles. The van der Waals surface area contributed by atoms with Crippen molar-refractivity contribution >= 4 is 29.1 Å². The Hall–Kier alpha value is -1.50. The number of hydrazine groups is 1. The lowest BCUT2D eigenvalue weighted by molar-refractivity contribution is 0.104. The molecule has 1 aliphatic rings. The molecule has 0 bridgehead atoms. The van der Waals surface area contributed by atoms with E-state index in [1.54, 1.807) is 18.2 Å². The third kappa shape index (κ3) is 3.78. The summed E-state index contributed by atoms with van der Waals surface area (Å²) < 4.78 is 2.00. The van der Waals surface area contributed by atoms with Crippen LogP contribution in [0, 0.1) is 5.92 Å². The molecule has 0 radical (unpaired) electrons. The van der Waals surface area contributed by atoms with Gasteiger partial charge in [-0.05, 0) is 48.6 Å². The third-order valence-electron chi connectivity index (χ3n) is 3.20. The average Bonchev–Trinajstić information content (AvgIpc) is 2.80. The summed E-state index contributed by atoms with van der Waals surface area (Å²) in [4.78, 5) is 13.3. The average molecular weight is 306 g/mol. The molecule has 0 amide bonds. The number of hydrogen-bond acceptors (Lipinski definition) is 6. The van der Waals surface area contributed by atoms with Crippen LogP contribution in [0.15, 0.2) is 28.7 Å². The maximum absolute atomic E-state index is 12.6. The summed E-state index contributed by atoms with van der Waals surface area (Å²) in [6, 6.07) is 5.04. The maximum Gasteiger partial charge on any atom is 0.200 e. The summed E-state index contributed by atoms with van der Waals surface area (Å²) in [5.74, 6) is 0.556.